The van der Waals surface area contributed by atoms with E-state index < -0.39 is 0 Å². The van der Waals surface area contributed by atoms with E-state index in [1.165, 1.54) is 133 Å². The lowest BCUT2D eigenvalue weighted by molar-refractivity contribution is 0.836. The van der Waals surface area contributed by atoms with Crippen molar-refractivity contribution in [1.29, 1.82) is 0 Å². The quantitative estimate of drug-likeness (QED) is 0.0557. The Morgan fingerprint density at radius 2 is 0.481 bits per heavy atom. The fourth-order valence-corrected chi connectivity index (χ4v) is 16.4. The predicted molar refractivity (Wildman–Crippen MR) is 556 cm³/mol. The molecule has 0 aliphatic carbocycles. The second-order valence-corrected chi connectivity index (χ2v) is 32.5. The van der Waals surface area contributed by atoms with Crippen molar-refractivity contribution >= 4 is 52.6 Å². The fourth-order valence-electron chi connectivity index (χ4n) is 16.4. The third-order valence-corrected chi connectivity index (χ3v) is 23.1. The zero-order chi connectivity index (χ0) is 91.4. The van der Waals surface area contributed by atoms with Gasteiger partial charge in [-0.1, -0.05) is 406 Å². The molecule has 0 radical (unpaired) electrons. The highest BCUT2D eigenvalue weighted by molar-refractivity contribution is 5.91. The summed E-state index contributed by atoms with van der Waals surface area (Å²) in [6.45, 7) is 12.8. The van der Waals surface area contributed by atoms with Crippen LogP contribution in [0.15, 0.2) is 487 Å². The second kappa shape index (κ2) is 47.7. The summed E-state index contributed by atoms with van der Waals surface area (Å²) in [7, 11) is 0. The summed E-state index contributed by atoms with van der Waals surface area (Å²) in [5.41, 5.74) is 28.8. The van der Waals surface area contributed by atoms with E-state index in [0.29, 0.717) is 0 Å². The largest absolute Gasteiger partial charge is 0.278 e. The van der Waals surface area contributed by atoms with E-state index in [4.69, 9.17) is 25.0 Å². The van der Waals surface area contributed by atoms with E-state index in [1.54, 1.807) is 31.0 Å². The Bertz CT molecular complexity index is 6700. The molecular weight excluding hydrogens is 1620 g/mol. The molecule has 0 N–H and O–H groups in total. The van der Waals surface area contributed by atoms with Gasteiger partial charge in [-0.2, -0.15) is 0 Å². The minimum absolute atomic E-state index is 0.00527. The smallest absolute Gasteiger partial charge is 0.101 e. The molecule has 10 heteroatoms. The molecule has 0 unspecified atom stereocenters. The summed E-state index contributed by atoms with van der Waals surface area (Å²) in [5.74, 6) is 0. The van der Waals surface area contributed by atoms with Gasteiger partial charge in [0.05, 0.1) is 34.5 Å². The molecule has 0 aliphatic heterocycles. The summed E-state index contributed by atoms with van der Waals surface area (Å²) in [6.07, 6.45) is 20.3. The first-order valence-electron chi connectivity index (χ1n) is 45.4. The van der Waals surface area contributed by atoms with Gasteiger partial charge in [-0.05, 0) is 212 Å². The summed E-state index contributed by atoms with van der Waals surface area (Å²) in [6, 6.07) is 148. The highest BCUT2D eigenvalue weighted by atomic mass is 14.8. The van der Waals surface area contributed by atoms with Crippen LogP contribution in [0.4, 0.5) is 0 Å². The van der Waals surface area contributed by atoms with Crippen molar-refractivity contribution in [3.8, 4) is 22.3 Å². The molecular formula is C123H108N10. The monoisotopic (exact) mass is 1720 g/mol. The fraction of sp³-hybridized carbons (Fsp3) is 0.106. The molecule has 5 aromatic heterocycles. The molecule has 5 heterocycles. The Morgan fingerprint density at radius 1 is 0.211 bits per heavy atom. The Kier molecular flexibility index (Phi) is 32.8. The number of fused-ring (bicyclic) bond motifs is 2. The van der Waals surface area contributed by atoms with Gasteiger partial charge in [-0.25, -0.2) is 0 Å². The molecule has 0 saturated heterocycles. The molecule has 0 amide bonds. The van der Waals surface area contributed by atoms with Crippen molar-refractivity contribution in [2.24, 2.45) is 25.0 Å². The van der Waals surface area contributed by atoms with Crippen LogP contribution in [-0.4, -0.2) is 56.0 Å². The van der Waals surface area contributed by atoms with Gasteiger partial charge in [-0.3, -0.25) is 49.9 Å². The van der Waals surface area contributed by atoms with Crippen LogP contribution in [0, 0.1) is 27.7 Å². The van der Waals surface area contributed by atoms with Gasteiger partial charge < -0.3 is 0 Å². The number of pyridine rings is 5. The number of aryl methyl sites for hydroxylation is 6. The van der Waals surface area contributed by atoms with E-state index >= 15 is 0 Å². The standard InChI is InChI=1S/C31H24N2.C27H20N2.C23H24N2.2C21H20N2/c1-3-13-24(14-4-1)27-18-7-9-20-29(27)31(33-23-26-17-11-12-22-32-26)30-21-10-8-19-28(30)25-15-5-2-6-16-25;1-3-14-23-20(9-1)11-7-16-25(23)27(29-19-22-13-5-6-18-28-22)26-17-8-12-21-10-2-4-15-24(21)26;1-3-18-11-5-7-14-21(18)23(22-15-8-6-12-19(22)4-2)25-17-20-13-9-10-16-24-20;1-16-7-5-9-18(13-16)21(19-10-6-8-17(2)14-19)23-15-20-11-3-4-12-22-20;1-16-6-10-18(11-7-16)21(19-12-8-17(2)9-13-19)23-15-20-5-3-4-14-22-20/h1-23,31H;1-19,27H;5-17,23H,3-4H2,1-2H3;2*3-15,21H,1-2H3. The normalized spacial score (nSPS) is 11.3. The second-order valence-electron chi connectivity index (χ2n) is 32.5. The molecule has 0 fully saturated rings. The number of nitrogens with zero attached hydrogens (tertiary/aromatic N) is 10. The van der Waals surface area contributed by atoms with Gasteiger partial charge in [0, 0.05) is 62.1 Å². The molecule has 10 nitrogen and oxygen atoms in total. The predicted octanol–water partition coefficient (Wildman–Crippen LogP) is 29.4. The van der Waals surface area contributed by atoms with Gasteiger partial charge >= 0.3 is 0 Å². The Labute approximate surface area is 783 Å². The average molecular weight is 1730 g/mol. The van der Waals surface area contributed by atoms with Crippen LogP contribution < -0.4 is 0 Å². The van der Waals surface area contributed by atoms with Crippen molar-refractivity contribution in [3.63, 3.8) is 0 Å². The first-order chi connectivity index (χ1) is 65.6. The zero-order valence-electron chi connectivity index (χ0n) is 76.0. The first kappa shape index (κ1) is 91.5. The van der Waals surface area contributed by atoms with Crippen LogP contribution in [0.5, 0.6) is 0 Å². The maximum Gasteiger partial charge on any atom is 0.101 e. The molecule has 0 spiro atoms. The van der Waals surface area contributed by atoms with Gasteiger partial charge in [-0.15, -0.1) is 0 Å². The minimum atomic E-state index is -0.181. The number of aromatic nitrogens is 5. The summed E-state index contributed by atoms with van der Waals surface area (Å²) < 4.78 is 0. The van der Waals surface area contributed by atoms with Crippen LogP contribution in [0.1, 0.15) is 162 Å². The summed E-state index contributed by atoms with van der Waals surface area (Å²) in [4.78, 5) is 46.6. The molecule has 0 saturated carbocycles. The van der Waals surface area contributed by atoms with Crippen molar-refractivity contribution in [3.05, 3.63) is 579 Å². The number of aliphatic imine (C=N–C) groups is 5. The van der Waals surface area contributed by atoms with E-state index in [9.17, 15) is 0 Å². The number of benzene rings is 14. The van der Waals surface area contributed by atoms with Crippen molar-refractivity contribution in [2.45, 2.75) is 84.6 Å². The third-order valence-electron chi connectivity index (χ3n) is 23.1. The van der Waals surface area contributed by atoms with Crippen LogP contribution in [-0.2, 0) is 12.8 Å². The third kappa shape index (κ3) is 25.4. The van der Waals surface area contributed by atoms with Gasteiger partial charge in [0.2, 0.25) is 0 Å². The molecule has 133 heavy (non-hydrogen) atoms. The van der Waals surface area contributed by atoms with E-state index in [-0.39, 0.29) is 30.2 Å². The van der Waals surface area contributed by atoms with Crippen LogP contribution in [0.25, 0.3) is 43.8 Å². The molecule has 0 bridgehead atoms. The average Bonchev–Trinajstić information content (AvgIpc) is 0.776. The van der Waals surface area contributed by atoms with Crippen molar-refractivity contribution < 1.29 is 0 Å². The first-order valence-corrected chi connectivity index (χ1v) is 45.4. The lowest BCUT2D eigenvalue weighted by atomic mass is 9.87. The molecule has 0 atom stereocenters. The Hall–Kier alpha value is -16.3. The van der Waals surface area contributed by atoms with Crippen LogP contribution in [0.2, 0.25) is 0 Å². The van der Waals surface area contributed by atoms with E-state index in [0.717, 1.165) is 41.3 Å². The van der Waals surface area contributed by atoms with Gasteiger partial charge in [0.1, 0.15) is 24.2 Å². The van der Waals surface area contributed by atoms with Gasteiger partial charge in [0.15, 0.2) is 0 Å². The highest BCUT2D eigenvalue weighted by Gasteiger charge is 2.24. The van der Waals surface area contributed by atoms with Gasteiger partial charge in [0.25, 0.3) is 0 Å². The van der Waals surface area contributed by atoms with Crippen molar-refractivity contribution in [2.75, 3.05) is 0 Å². The lowest BCUT2D eigenvalue weighted by Gasteiger charge is -2.21. The number of rotatable bonds is 24. The molecule has 19 rings (SSSR count). The number of hydrogen-bond donors (Lipinski definition) is 0. The van der Waals surface area contributed by atoms with E-state index in [2.05, 4.69) is 394 Å². The molecule has 0 aliphatic rings. The van der Waals surface area contributed by atoms with Crippen molar-refractivity contribution in [1.82, 2.24) is 24.9 Å². The molecule has 14 aromatic carbocycles. The minimum Gasteiger partial charge on any atom is -0.278 e. The highest BCUT2D eigenvalue weighted by Crippen LogP contribution is 2.41. The molecule has 19 aromatic rings. The summed E-state index contributed by atoms with van der Waals surface area (Å²) >= 11 is 0. The maximum atomic E-state index is 5.12. The van der Waals surface area contributed by atoms with Crippen LogP contribution in [0.3, 0.4) is 0 Å². The SMILES string of the molecule is C(=NC(c1cccc2ccccc12)c1cccc2ccccc12)c1ccccn1.C(=NC(c1ccccc1-c1ccccc1)c1ccccc1-c1ccccc1)c1ccccn1.CCc1ccccc1C(N=Cc1ccccn1)c1ccccc1CC.Cc1ccc(C(N=Cc2ccccn2)c2ccc(C)cc2)cc1.Cc1cccc(C(N=Cc2ccccn2)c2cccc(C)c2)c1. The summed E-state index contributed by atoms with van der Waals surface area (Å²) in [5, 5.41) is 4.91. The molecule has 650 valence electrons. The topological polar surface area (TPSA) is 126 Å². The van der Waals surface area contributed by atoms with E-state index in [1.807, 2.05) is 134 Å². The zero-order valence-corrected chi connectivity index (χ0v) is 76.0. The Morgan fingerprint density at radius 3 is 0.827 bits per heavy atom. The maximum absolute atomic E-state index is 5.12. The lowest BCUT2D eigenvalue weighted by Crippen LogP contribution is -2.06. The van der Waals surface area contributed by atoms with Crippen LogP contribution >= 0.6 is 0 Å². The number of hydrogen-bond acceptors (Lipinski definition) is 10. The Balaban J connectivity index is 0.000000128.